The van der Waals surface area contributed by atoms with E-state index in [0.29, 0.717) is 37.0 Å². The number of hydrogen-bond acceptors (Lipinski definition) is 9. The number of hydrogen-bond donors (Lipinski definition) is 2. The molecule has 1 amide bonds. The van der Waals surface area contributed by atoms with Crippen molar-refractivity contribution in [2.24, 2.45) is 0 Å². The van der Waals surface area contributed by atoms with Crippen LogP contribution >= 0.6 is 0 Å². The number of piperazine rings is 1. The summed E-state index contributed by atoms with van der Waals surface area (Å²) < 4.78 is 5.07. The predicted octanol–water partition coefficient (Wildman–Crippen LogP) is 3.05. The molecule has 0 spiro atoms. The molecule has 2 N–H and O–H groups in total. The van der Waals surface area contributed by atoms with E-state index in [9.17, 15) is 10.1 Å². The molecule has 4 rings (SSSR count). The minimum atomic E-state index is -0.257. The van der Waals surface area contributed by atoms with Crippen LogP contribution in [0.2, 0.25) is 0 Å². The summed E-state index contributed by atoms with van der Waals surface area (Å²) in [5.41, 5.74) is 3.78. The number of likely N-dealkylation sites (N-methyl/N-ethyl adjacent to an activating group) is 1. The lowest BCUT2D eigenvalue weighted by molar-refractivity contribution is 0.0729. The second kappa shape index (κ2) is 11.7. The van der Waals surface area contributed by atoms with E-state index in [0.717, 1.165) is 57.7 Å². The molecule has 2 aromatic rings. The van der Waals surface area contributed by atoms with Crippen LogP contribution < -0.4 is 15.5 Å². The number of carbonyl (C=O) groups is 1. The number of cyclic esters (lactones) is 1. The van der Waals surface area contributed by atoms with Gasteiger partial charge in [-0.3, -0.25) is 0 Å². The van der Waals surface area contributed by atoms with Crippen molar-refractivity contribution in [1.82, 2.24) is 19.8 Å². The lowest BCUT2D eigenvalue weighted by Crippen LogP contribution is -2.44. The maximum absolute atomic E-state index is 11.8. The van der Waals surface area contributed by atoms with Crippen molar-refractivity contribution in [3.63, 3.8) is 0 Å². The molecule has 186 valence electrons. The summed E-state index contributed by atoms with van der Waals surface area (Å²) in [6, 6.07) is 8.61. The topological polar surface area (TPSA) is 110 Å². The summed E-state index contributed by atoms with van der Waals surface area (Å²) in [4.78, 5) is 27.1. The zero-order valence-electron chi connectivity index (χ0n) is 20.6. The molecular formula is C25H34N8O2. The molecule has 35 heavy (non-hydrogen) atoms. The number of nitrogens with one attached hydrogen (secondary N) is 2. The third-order valence-electron chi connectivity index (χ3n) is 6.45. The molecule has 2 fully saturated rings. The Kier molecular flexibility index (Phi) is 8.21. The van der Waals surface area contributed by atoms with E-state index in [2.05, 4.69) is 68.6 Å². The van der Waals surface area contributed by atoms with Crippen LogP contribution in [0.5, 0.6) is 0 Å². The third-order valence-corrected chi connectivity index (χ3v) is 6.45. The minimum Gasteiger partial charge on any atom is -0.449 e. The molecule has 10 nitrogen and oxygen atoms in total. The van der Waals surface area contributed by atoms with Gasteiger partial charge in [0.2, 0.25) is 5.95 Å². The summed E-state index contributed by atoms with van der Waals surface area (Å²) in [6.07, 6.45) is 3.73. The number of ether oxygens (including phenoxy) is 1. The van der Waals surface area contributed by atoms with Gasteiger partial charge in [0.05, 0.1) is 12.8 Å². The van der Waals surface area contributed by atoms with Crippen LogP contribution in [-0.2, 0) is 11.2 Å². The molecule has 1 aromatic heterocycles. The van der Waals surface area contributed by atoms with Crippen molar-refractivity contribution in [2.45, 2.75) is 26.2 Å². The van der Waals surface area contributed by atoms with Gasteiger partial charge in [-0.1, -0.05) is 6.92 Å². The first-order valence-electron chi connectivity index (χ1n) is 12.3. The van der Waals surface area contributed by atoms with E-state index >= 15 is 0 Å². The van der Waals surface area contributed by atoms with E-state index in [-0.39, 0.29) is 6.09 Å². The van der Waals surface area contributed by atoms with Crippen LogP contribution in [0.15, 0.2) is 24.4 Å². The Bertz CT molecular complexity index is 1060. The third kappa shape index (κ3) is 6.31. The van der Waals surface area contributed by atoms with Crippen LogP contribution in [0.1, 0.15) is 30.9 Å². The van der Waals surface area contributed by atoms with Crippen LogP contribution in [0.4, 0.5) is 27.9 Å². The number of carbonyl (C=O) groups excluding carboxylic acids is 1. The van der Waals surface area contributed by atoms with Crippen LogP contribution in [-0.4, -0.2) is 85.3 Å². The highest BCUT2D eigenvalue weighted by atomic mass is 16.6. The summed E-state index contributed by atoms with van der Waals surface area (Å²) in [5.74, 6) is 0.923. The summed E-state index contributed by atoms with van der Waals surface area (Å²) in [6.45, 7) is 8.72. The minimum absolute atomic E-state index is 0.257. The number of anilines is 4. The number of aryl methyl sites for hydroxylation is 1. The molecular weight excluding hydrogens is 444 g/mol. The fourth-order valence-electron chi connectivity index (χ4n) is 4.31. The zero-order chi connectivity index (χ0) is 24.6. The van der Waals surface area contributed by atoms with Gasteiger partial charge in [0.1, 0.15) is 17.5 Å². The monoisotopic (exact) mass is 478 g/mol. The molecule has 0 atom stereocenters. The van der Waals surface area contributed by atoms with E-state index in [1.165, 1.54) is 17.4 Å². The number of nitriles is 1. The smallest absolute Gasteiger partial charge is 0.409 e. The second-order valence-corrected chi connectivity index (χ2v) is 8.91. The van der Waals surface area contributed by atoms with E-state index in [1.54, 1.807) is 4.90 Å². The van der Waals surface area contributed by atoms with E-state index < -0.39 is 0 Å². The number of rotatable bonds is 9. The van der Waals surface area contributed by atoms with Crippen molar-refractivity contribution in [2.75, 3.05) is 75.0 Å². The summed E-state index contributed by atoms with van der Waals surface area (Å²) in [7, 11) is 2.16. The molecule has 3 heterocycles. The maximum Gasteiger partial charge on any atom is 0.409 e. The Morgan fingerprint density at radius 2 is 2.03 bits per heavy atom. The average Bonchev–Trinajstić information content (AvgIpc) is 2.88. The standard InChI is InChI=1S/C25H34N8O2/c1-3-19-16-21(32-13-11-31(2)12-14-32)6-7-22(19)29-24-28-18-20(17-26)23(30-24)27-8-4-9-33-10-5-15-35-25(33)34/h6-7,16,18H,3-5,8-15H2,1-2H3,(H2,27,28,29,30). The van der Waals surface area contributed by atoms with Gasteiger partial charge < -0.3 is 30.1 Å². The zero-order valence-corrected chi connectivity index (χ0v) is 20.6. The highest BCUT2D eigenvalue weighted by Gasteiger charge is 2.19. The van der Waals surface area contributed by atoms with E-state index in [4.69, 9.17) is 4.74 Å². The molecule has 2 aliphatic rings. The Labute approximate surface area is 206 Å². The molecule has 2 saturated heterocycles. The number of aromatic nitrogens is 2. The van der Waals surface area contributed by atoms with Gasteiger partial charge in [0.25, 0.3) is 0 Å². The van der Waals surface area contributed by atoms with Crippen molar-refractivity contribution in [1.29, 1.82) is 5.26 Å². The van der Waals surface area contributed by atoms with Gasteiger partial charge in [-0.05, 0) is 50.1 Å². The summed E-state index contributed by atoms with van der Waals surface area (Å²) >= 11 is 0. The molecule has 0 bridgehead atoms. The summed E-state index contributed by atoms with van der Waals surface area (Å²) in [5, 5.41) is 16.0. The van der Waals surface area contributed by atoms with Crippen LogP contribution in [0.25, 0.3) is 0 Å². The van der Waals surface area contributed by atoms with Crippen molar-refractivity contribution < 1.29 is 9.53 Å². The average molecular weight is 479 g/mol. The molecule has 1 aromatic carbocycles. The Hall–Kier alpha value is -3.58. The molecule has 0 saturated carbocycles. The number of amides is 1. The molecule has 0 aliphatic carbocycles. The Balaban J connectivity index is 1.39. The normalized spacial score (nSPS) is 16.5. The highest BCUT2D eigenvalue weighted by molar-refractivity contribution is 5.68. The van der Waals surface area contributed by atoms with Gasteiger partial charge in [0.15, 0.2) is 0 Å². The Morgan fingerprint density at radius 1 is 1.20 bits per heavy atom. The number of benzene rings is 1. The Morgan fingerprint density at radius 3 is 2.77 bits per heavy atom. The first-order chi connectivity index (χ1) is 17.1. The van der Waals surface area contributed by atoms with Crippen molar-refractivity contribution in [3.05, 3.63) is 35.5 Å². The lowest BCUT2D eigenvalue weighted by Gasteiger charge is -2.34. The van der Waals surface area contributed by atoms with Gasteiger partial charge in [-0.15, -0.1) is 0 Å². The first-order valence-corrected chi connectivity index (χ1v) is 12.3. The lowest BCUT2D eigenvalue weighted by atomic mass is 10.1. The van der Waals surface area contributed by atoms with E-state index in [1.807, 2.05) is 0 Å². The predicted molar refractivity (Wildman–Crippen MR) is 136 cm³/mol. The quantitative estimate of drug-likeness (QED) is 0.526. The van der Waals surface area contributed by atoms with Crippen LogP contribution in [0, 0.1) is 11.3 Å². The molecule has 0 radical (unpaired) electrons. The van der Waals surface area contributed by atoms with Crippen LogP contribution in [0.3, 0.4) is 0 Å². The highest BCUT2D eigenvalue weighted by Crippen LogP contribution is 2.27. The van der Waals surface area contributed by atoms with Gasteiger partial charge >= 0.3 is 6.09 Å². The molecule has 2 aliphatic heterocycles. The SMILES string of the molecule is CCc1cc(N2CCN(C)CC2)ccc1Nc1ncc(C#N)c(NCCCN2CCCOC2=O)n1. The fourth-order valence-corrected chi connectivity index (χ4v) is 4.31. The molecule has 10 heteroatoms. The van der Waals surface area contributed by atoms with Gasteiger partial charge in [0, 0.05) is 57.2 Å². The second-order valence-electron chi connectivity index (χ2n) is 8.91. The molecule has 0 unspecified atom stereocenters. The largest absolute Gasteiger partial charge is 0.449 e. The number of nitrogens with zero attached hydrogens (tertiary/aromatic N) is 6. The van der Waals surface area contributed by atoms with Crippen molar-refractivity contribution in [3.8, 4) is 6.07 Å². The van der Waals surface area contributed by atoms with Crippen molar-refractivity contribution >= 4 is 29.2 Å². The first kappa shape index (κ1) is 24.5. The maximum atomic E-state index is 11.8. The van der Waals surface area contributed by atoms with Gasteiger partial charge in [-0.25, -0.2) is 9.78 Å². The van der Waals surface area contributed by atoms with Gasteiger partial charge in [-0.2, -0.15) is 10.2 Å². The fraction of sp³-hybridized carbons (Fsp3) is 0.520.